The van der Waals surface area contributed by atoms with Crippen molar-refractivity contribution in [2.75, 3.05) is 24.3 Å². The molecule has 0 bridgehead atoms. The molecule has 1 N–H and O–H groups in total. The molecule has 0 aliphatic carbocycles. The predicted molar refractivity (Wildman–Crippen MR) is 96.7 cm³/mol. The first-order chi connectivity index (χ1) is 12.5. The first-order valence-electron chi connectivity index (χ1n) is 7.69. The van der Waals surface area contributed by atoms with Crippen molar-refractivity contribution in [1.29, 1.82) is 0 Å². The molecule has 0 fully saturated rings. The van der Waals surface area contributed by atoms with Gasteiger partial charge >= 0.3 is 0 Å². The third kappa shape index (κ3) is 3.51. The molecule has 3 rings (SSSR count). The standard InChI is InChI=1S/C17H16N6O3/c1-21(2)15-6-5-13(23(25)26)10-14(15)17(24)20-12-4-7-16(18-11-12)22-9-3-8-19-22/h3-11H,1-2H3,(H,20,24). The van der Waals surface area contributed by atoms with Crippen LogP contribution in [0.2, 0.25) is 0 Å². The Labute approximate surface area is 149 Å². The number of amides is 1. The van der Waals surface area contributed by atoms with Crippen molar-refractivity contribution >= 4 is 23.0 Å². The van der Waals surface area contributed by atoms with Gasteiger partial charge in [0.25, 0.3) is 11.6 Å². The van der Waals surface area contributed by atoms with Gasteiger partial charge in [0.15, 0.2) is 5.82 Å². The van der Waals surface area contributed by atoms with Gasteiger partial charge in [0.05, 0.1) is 22.4 Å². The van der Waals surface area contributed by atoms with E-state index in [1.807, 2.05) is 0 Å². The second-order valence-electron chi connectivity index (χ2n) is 5.66. The Hall–Kier alpha value is -3.75. The van der Waals surface area contributed by atoms with Crippen molar-refractivity contribution in [1.82, 2.24) is 14.8 Å². The number of nitro benzene ring substituents is 1. The molecule has 1 aromatic carbocycles. The summed E-state index contributed by atoms with van der Waals surface area (Å²) in [5, 5.41) is 17.8. The molecule has 9 nitrogen and oxygen atoms in total. The highest BCUT2D eigenvalue weighted by molar-refractivity contribution is 6.08. The number of nitrogens with one attached hydrogen (secondary N) is 1. The summed E-state index contributed by atoms with van der Waals surface area (Å²) in [6, 6.07) is 9.36. The molecule has 2 heterocycles. The van der Waals surface area contributed by atoms with Crippen molar-refractivity contribution in [2.24, 2.45) is 0 Å². The molecule has 26 heavy (non-hydrogen) atoms. The van der Waals surface area contributed by atoms with Crippen molar-refractivity contribution in [3.05, 3.63) is 70.7 Å². The highest BCUT2D eigenvalue weighted by Gasteiger charge is 2.18. The smallest absolute Gasteiger partial charge is 0.270 e. The number of rotatable bonds is 5. The van der Waals surface area contributed by atoms with Gasteiger partial charge in [-0.05, 0) is 24.3 Å². The molecule has 0 aliphatic rings. The minimum Gasteiger partial charge on any atom is -0.377 e. The van der Waals surface area contributed by atoms with Crippen molar-refractivity contribution in [3.8, 4) is 5.82 Å². The summed E-state index contributed by atoms with van der Waals surface area (Å²) < 4.78 is 1.59. The Morgan fingerprint density at radius 3 is 2.65 bits per heavy atom. The topological polar surface area (TPSA) is 106 Å². The zero-order valence-corrected chi connectivity index (χ0v) is 14.2. The van der Waals surface area contributed by atoms with Crippen LogP contribution in [0.4, 0.5) is 17.1 Å². The van der Waals surface area contributed by atoms with Crippen LogP contribution in [0.3, 0.4) is 0 Å². The quantitative estimate of drug-likeness (QED) is 0.558. The van der Waals surface area contributed by atoms with E-state index in [4.69, 9.17) is 0 Å². The lowest BCUT2D eigenvalue weighted by atomic mass is 10.1. The molecular formula is C17H16N6O3. The van der Waals surface area contributed by atoms with Crippen LogP contribution in [-0.2, 0) is 0 Å². The molecule has 9 heteroatoms. The number of pyridine rings is 1. The fourth-order valence-electron chi connectivity index (χ4n) is 2.41. The maximum Gasteiger partial charge on any atom is 0.270 e. The van der Waals surface area contributed by atoms with Gasteiger partial charge in [0.2, 0.25) is 0 Å². The van der Waals surface area contributed by atoms with E-state index in [1.54, 1.807) is 60.3 Å². The molecule has 0 radical (unpaired) electrons. The van der Waals surface area contributed by atoms with E-state index < -0.39 is 10.8 Å². The van der Waals surface area contributed by atoms with Crippen LogP contribution in [0.5, 0.6) is 0 Å². The van der Waals surface area contributed by atoms with E-state index in [0.717, 1.165) is 0 Å². The summed E-state index contributed by atoms with van der Waals surface area (Å²) in [7, 11) is 3.52. The van der Waals surface area contributed by atoms with E-state index in [0.29, 0.717) is 17.2 Å². The fourth-order valence-corrected chi connectivity index (χ4v) is 2.41. The monoisotopic (exact) mass is 352 g/mol. The Balaban J connectivity index is 1.85. The summed E-state index contributed by atoms with van der Waals surface area (Å²) in [6.07, 6.45) is 4.90. The van der Waals surface area contributed by atoms with E-state index in [2.05, 4.69) is 15.4 Å². The summed E-state index contributed by atoms with van der Waals surface area (Å²) in [6.45, 7) is 0. The van der Waals surface area contributed by atoms with Crippen molar-refractivity contribution in [3.63, 3.8) is 0 Å². The zero-order valence-electron chi connectivity index (χ0n) is 14.2. The van der Waals surface area contributed by atoms with Crippen LogP contribution in [0.1, 0.15) is 10.4 Å². The van der Waals surface area contributed by atoms with Gasteiger partial charge in [-0.25, -0.2) is 9.67 Å². The lowest BCUT2D eigenvalue weighted by Crippen LogP contribution is -2.19. The van der Waals surface area contributed by atoms with Gasteiger partial charge in [-0.2, -0.15) is 5.10 Å². The summed E-state index contributed by atoms with van der Waals surface area (Å²) in [4.78, 5) is 29.1. The Morgan fingerprint density at radius 2 is 2.08 bits per heavy atom. The normalized spacial score (nSPS) is 10.4. The molecule has 0 saturated carbocycles. The SMILES string of the molecule is CN(C)c1ccc([N+](=O)[O-])cc1C(=O)Nc1ccc(-n2cccn2)nc1. The number of carbonyl (C=O) groups is 1. The summed E-state index contributed by atoms with van der Waals surface area (Å²) in [5.74, 6) is 0.156. The van der Waals surface area contributed by atoms with Crippen LogP contribution in [0.25, 0.3) is 5.82 Å². The molecule has 0 unspecified atom stereocenters. The van der Waals surface area contributed by atoms with E-state index in [9.17, 15) is 14.9 Å². The summed E-state index contributed by atoms with van der Waals surface area (Å²) >= 11 is 0. The molecule has 3 aromatic rings. The average Bonchev–Trinajstić information content (AvgIpc) is 3.16. The van der Waals surface area contributed by atoms with Gasteiger partial charge in [-0.15, -0.1) is 0 Å². The first-order valence-corrected chi connectivity index (χ1v) is 7.69. The van der Waals surface area contributed by atoms with E-state index >= 15 is 0 Å². The predicted octanol–water partition coefficient (Wildman–Crippen LogP) is 2.49. The van der Waals surface area contributed by atoms with Crippen molar-refractivity contribution < 1.29 is 9.72 Å². The third-order valence-electron chi connectivity index (χ3n) is 3.66. The highest BCUT2D eigenvalue weighted by atomic mass is 16.6. The maximum atomic E-state index is 12.6. The first kappa shape index (κ1) is 17.1. The van der Waals surface area contributed by atoms with Gasteiger partial charge in [-0.3, -0.25) is 14.9 Å². The summed E-state index contributed by atoms with van der Waals surface area (Å²) in [5.41, 5.74) is 1.12. The number of benzene rings is 1. The zero-order chi connectivity index (χ0) is 18.7. The van der Waals surface area contributed by atoms with E-state index in [-0.39, 0.29) is 11.3 Å². The molecule has 0 saturated heterocycles. The van der Waals surface area contributed by atoms with Gasteiger partial charge in [-0.1, -0.05) is 0 Å². The Kier molecular flexibility index (Phi) is 4.61. The number of carbonyl (C=O) groups excluding carboxylic acids is 1. The molecule has 132 valence electrons. The number of hydrogen-bond donors (Lipinski definition) is 1. The number of nitrogens with zero attached hydrogens (tertiary/aromatic N) is 5. The number of aromatic nitrogens is 3. The second kappa shape index (κ2) is 7.01. The lowest BCUT2D eigenvalue weighted by molar-refractivity contribution is -0.384. The second-order valence-corrected chi connectivity index (χ2v) is 5.66. The lowest BCUT2D eigenvalue weighted by Gasteiger charge is -2.17. The molecular weight excluding hydrogens is 336 g/mol. The Bertz CT molecular complexity index is 936. The number of non-ortho nitro benzene ring substituents is 1. The highest BCUT2D eigenvalue weighted by Crippen LogP contribution is 2.25. The third-order valence-corrected chi connectivity index (χ3v) is 3.66. The number of nitro groups is 1. The van der Waals surface area contributed by atoms with Crippen LogP contribution in [-0.4, -0.2) is 39.7 Å². The molecule has 1 amide bonds. The van der Waals surface area contributed by atoms with Crippen LogP contribution >= 0.6 is 0 Å². The minimum absolute atomic E-state index is 0.145. The fraction of sp³-hybridized carbons (Fsp3) is 0.118. The van der Waals surface area contributed by atoms with Gasteiger partial charge < -0.3 is 10.2 Å². The maximum absolute atomic E-state index is 12.6. The number of anilines is 2. The van der Waals surface area contributed by atoms with Crippen LogP contribution in [0, 0.1) is 10.1 Å². The minimum atomic E-state index is -0.531. The Morgan fingerprint density at radius 1 is 1.27 bits per heavy atom. The van der Waals surface area contributed by atoms with Crippen LogP contribution in [0.15, 0.2) is 55.0 Å². The molecule has 2 aromatic heterocycles. The van der Waals surface area contributed by atoms with Gasteiger partial charge in [0.1, 0.15) is 0 Å². The van der Waals surface area contributed by atoms with Crippen molar-refractivity contribution in [2.45, 2.75) is 0 Å². The molecule has 0 spiro atoms. The molecule has 0 atom stereocenters. The molecule has 0 aliphatic heterocycles. The van der Waals surface area contributed by atoms with Gasteiger partial charge in [0, 0.05) is 44.3 Å². The van der Waals surface area contributed by atoms with E-state index in [1.165, 1.54) is 18.3 Å². The largest absolute Gasteiger partial charge is 0.377 e. The number of hydrogen-bond acceptors (Lipinski definition) is 6. The average molecular weight is 352 g/mol. The van der Waals surface area contributed by atoms with Crippen LogP contribution < -0.4 is 10.2 Å².